The Bertz CT molecular complexity index is 1010. The monoisotopic (exact) mass is 473 g/mol. The zero-order valence-electron chi connectivity index (χ0n) is 21.2. The predicted molar refractivity (Wildman–Crippen MR) is 140 cm³/mol. The van der Waals surface area contributed by atoms with Gasteiger partial charge in [-0.05, 0) is 60.9 Å². The van der Waals surface area contributed by atoms with Crippen molar-refractivity contribution in [1.29, 1.82) is 5.26 Å². The third-order valence-electron chi connectivity index (χ3n) is 7.76. The van der Waals surface area contributed by atoms with Crippen LogP contribution >= 0.6 is 0 Å². The van der Waals surface area contributed by atoms with E-state index in [1.54, 1.807) is 0 Å². The van der Waals surface area contributed by atoms with Crippen LogP contribution in [0.5, 0.6) is 0 Å². The van der Waals surface area contributed by atoms with Crippen LogP contribution in [0.4, 0.5) is 0 Å². The number of piperazine rings is 1. The van der Waals surface area contributed by atoms with Gasteiger partial charge in [-0.2, -0.15) is 5.26 Å². The van der Waals surface area contributed by atoms with Crippen LogP contribution in [-0.4, -0.2) is 60.5 Å². The fourth-order valence-corrected chi connectivity index (χ4v) is 5.07. The van der Waals surface area contributed by atoms with Gasteiger partial charge in [0, 0.05) is 39.1 Å². The predicted octanol–water partition coefficient (Wildman–Crippen LogP) is 3.56. The molecule has 2 fully saturated rings. The van der Waals surface area contributed by atoms with Crippen molar-refractivity contribution in [2.75, 3.05) is 33.2 Å². The Labute approximate surface area is 210 Å². The molecule has 35 heavy (non-hydrogen) atoms. The third-order valence-corrected chi connectivity index (χ3v) is 7.76. The number of nitriles is 1. The van der Waals surface area contributed by atoms with Crippen LogP contribution in [0.3, 0.4) is 0 Å². The Morgan fingerprint density at radius 2 is 1.57 bits per heavy atom. The van der Waals surface area contributed by atoms with E-state index in [1.165, 1.54) is 11.1 Å². The summed E-state index contributed by atoms with van der Waals surface area (Å²) in [6.07, 6.45) is 3.75. The van der Waals surface area contributed by atoms with Crippen LogP contribution in [0, 0.1) is 17.2 Å². The molecule has 1 atom stereocenters. The van der Waals surface area contributed by atoms with Crippen molar-refractivity contribution in [2.45, 2.75) is 57.2 Å². The highest BCUT2D eigenvalue weighted by molar-refractivity contribution is 5.86. The van der Waals surface area contributed by atoms with E-state index in [2.05, 4.69) is 71.6 Å². The maximum atomic E-state index is 12.8. The maximum Gasteiger partial charge on any atom is 0.241 e. The number of likely N-dealkylation sites (N-methyl/N-ethyl adjacent to an activating group) is 1. The summed E-state index contributed by atoms with van der Waals surface area (Å²) < 4.78 is 0. The van der Waals surface area contributed by atoms with E-state index in [4.69, 9.17) is 5.73 Å². The van der Waals surface area contributed by atoms with E-state index in [0.717, 1.165) is 56.7 Å². The molecule has 6 nitrogen and oxygen atoms in total. The molecule has 1 heterocycles. The smallest absolute Gasteiger partial charge is 0.241 e. The molecule has 3 N–H and O–H groups in total. The zero-order chi connectivity index (χ0) is 24.8. The van der Waals surface area contributed by atoms with E-state index in [0.29, 0.717) is 25.2 Å². The van der Waals surface area contributed by atoms with Crippen LogP contribution < -0.4 is 11.1 Å². The minimum Gasteiger partial charge on any atom is -0.338 e. The lowest BCUT2D eigenvalue weighted by atomic mass is 9.77. The van der Waals surface area contributed by atoms with Crippen molar-refractivity contribution in [2.24, 2.45) is 11.7 Å². The van der Waals surface area contributed by atoms with Crippen molar-refractivity contribution in [1.82, 2.24) is 15.1 Å². The molecular formula is C29H39N5O. The molecule has 0 bridgehead atoms. The molecule has 1 aliphatic carbocycles. The van der Waals surface area contributed by atoms with Crippen LogP contribution in [-0.2, 0) is 17.8 Å². The van der Waals surface area contributed by atoms with Gasteiger partial charge >= 0.3 is 0 Å². The first-order chi connectivity index (χ1) is 16.8. The Kier molecular flexibility index (Phi) is 8.22. The number of benzene rings is 2. The summed E-state index contributed by atoms with van der Waals surface area (Å²) in [5.74, 6) is 0.419. The van der Waals surface area contributed by atoms with Gasteiger partial charge in [-0.1, -0.05) is 55.5 Å². The first-order valence-electron chi connectivity index (χ1n) is 12.9. The fraction of sp³-hybridized carbons (Fsp3) is 0.517. The van der Waals surface area contributed by atoms with Crippen LogP contribution in [0.25, 0.3) is 11.1 Å². The summed E-state index contributed by atoms with van der Waals surface area (Å²) in [5.41, 5.74) is 10.2. The van der Waals surface area contributed by atoms with Crippen molar-refractivity contribution in [3.05, 3.63) is 59.7 Å². The van der Waals surface area contributed by atoms with Crippen molar-refractivity contribution in [3.8, 4) is 17.2 Å². The maximum absolute atomic E-state index is 12.8. The van der Waals surface area contributed by atoms with Gasteiger partial charge in [0.15, 0.2) is 0 Å². The van der Waals surface area contributed by atoms with E-state index in [9.17, 15) is 10.1 Å². The molecule has 1 unspecified atom stereocenters. The second-order valence-corrected chi connectivity index (χ2v) is 10.7. The molecule has 186 valence electrons. The normalized spacial score (nSPS) is 24.5. The summed E-state index contributed by atoms with van der Waals surface area (Å²) in [6, 6.07) is 18.7. The van der Waals surface area contributed by atoms with E-state index >= 15 is 0 Å². The third kappa shape index (κ3) is 6.70. The Balaban J connectivity index is 1.31. The topological polar surface area (TPSA) is 85.4 Å². The lowest BCUT2D eigenvalue weighted by molar-refractivity contribution is -0.128. The summed E-state index contributed by atoms with van der Waals surface area (Å²) in [6.45, 7) is 7.70. The number of carbonyl (C=O) groups excluding carboxylic acids is 1. The molecule has 1 saturated heterocycles. The van der Waals surface area contributed by atoms with Gasteiger partial charge in [-0.15, -0.1) is 0 Å². The van der Waals surface area contributed by atoms with Crippen molar-refractivity contribution in [3.63, 3.8) is 0 Å². The Hall–Kier alpha value is -2.72. The molecule has 1 aliphatic heterocycles. The minimum absolute atomic E-state index is 0.191. The summed E-state index contributed by atoms with van der Waals surface area (Å²) >= 11 is 0. The van der Waals surface area contributed by atoms with E-state index in [1.807, 2.05) is 12.1 Å². The van der Waals surface area contributed by atoms with Crippen molar-refractivity contribution < 1.29 is 4.79 Å². The van der Waals surface area contributed by atoms with Gasteiger partial charge in [0.1, 0.15) is 6.04 Å². The van der Waals surface area contributed by atoms with E-state index < -0.39 is 11.6 Å². The average molecular weight is 474 g/mol. The highest BCUT2D eigenvalue weighted by Crippen LogP contribution is 2.30. The van der Waals surface area contributed by atoms with Gasteiger partial charge < -0.3 is 16.0 Å². The highest BCUT2D eigenvalue weighted by Gasteiger charge is 2.38. The second kappa shape index (κ2) is 11.3. The zero-order valence-corrected chi connectivity index (χ0v) is 21.2. The highest BCUT2D eigenvalue weighted by atomic mass is 16.2. The lowest BCUT2D eigenvalue weighted by Crippen LogP contribution is -2.57. The van der Waals surface area contributed by atoms with Gasteiger partial charge in [-0.25, -0.2) is 0 Å². The molecule has 2 aliphatic rings. The fourth-order valence-electron chi connectivity index (χ4n) is 5.07. The molecule has 2 aromatic rings. The second-order valence-electron chi connectivity index (χ2n) is 10.7. The summed E-state index contributed by atoms with van der Waals surface area (Å²) in [4.78, 5) is 17.7. The number of rotatable bonds is 7. The quantitative estimate of drug-likeness (QED) is 0.642. The number of nitrogens with two attached hydrogens (primary N) is 1. The molecule has 1 amide bonds. The molecular weight excluding hydrogens is 434 g/mol. The molecule has 2 aromatic carbocycles. The lowest BCUT2D eigenvalue weighted by Gasteiger charge is -2.35. The summed E-state index contributed by atoms with van der Waals surface area (Å²) in [7, 11) is 2.18. The average Bonchev–Trinajstić information content (AvgIpc) is 2.88. The first-order valence-corrected chi connectivity index (χ1v) is 12.9. The standard InChI is InChI=1S/C29H39N5O/c1-22-11-13-29(31,14-12-22)28(35)32-27(20-30)19-23-3-7-25(8-4-23)26-9-5-24(6-10-26)21-34-17-15-33(2)16-18-34/h3-10,22,27H,11-19,21,31H2,1-2H3,(H,32,35). The number of hydrogen-bond donors (Lipinski definition) is 2. The van der Waals surface area contributed by atoms with Crippen LogP contribution in [0.1, 0.15) is 43.7 Å². The summed E-state index contributed by atoms with van der Waals surface area (Å²) in [5, 5.41) is 12.5. The Morgan fingerprint density at radius 3 is 2.11 bits per heavy atom. The largest absolute Gasteiger partial charge is 0.338 e. The first kappa shape index (κ1) is 25.4. The number of nitrogens with zero attached hydrogens (tertiary/aromatic N) is 3. The van der Waals surface area contributed by atoms with Gasteiger partial charge in [0.25, 0.3) is 0 Å². The van der Waals surface area contributed by atoms with Crippen LogP contribution in [0.2, 0.25) is 0 Å². The number of nitrogens with one attached hydrogen (secondary N) is 1. The molecule has 4 rings (SSSR count). The van der Waals surface area contributed by atoms with Crippen LogP contribution in [0.15, 0.2) is 48.5 Å². The van der Waals surface area contributed by atoms with Gasteiger partial charge in [0.2, 0.25) is 5.91 Å². The number of amides is 1. The molecule has 0 aromatic heterocycles. The van der Waals surface area contributed by atoms with Gasteiger partial charge in [0.05, 0.1) is 11.6 Å². The minimum atomic E-state index is -0.845. The molecule has 1 saturated carbocycles. The molecule has 6 heteroatoms. The number of hydrogen-bond acceptors (Lipinski definition) is 5. The Morgan fingerprint density at radius 1 is 1.03 bits per heavy atom. The molecule has 0 spiro atoms. The van der Waals surface area contributed by atoms with Gasteiger partial charge in [-0.3, -0.25) is 9.69 Å². The molecule has 0 radical (unpaired) electrons. The number of carbonyl (C=O) groups is 1. The van der Waals surface area contributed by atoms with E-state index in [-0.39, 0.29) is 5.91 Å². The SMILES string of the molecule is CC1CCC(N)(C(=O)NC(C#N)Cc2ccc(-c3ccc(CN4CCN(C)CC4)cc3)cc2)CC1. The van der Waals surface area contributed by atoms with Crippen molar-refractivity contribution >= 4 is 5.91 Å².